The summed E-state index contributed by atoms with van der Waals surface area (Å²) in [6.45, 7) is 31.4. The van der Waals surface area contributed by atoms with Gasteiger partial charge in [-0.3, -0.25) is 0 Å². The van der Waals surface area contributed by atoms with E-state index in [1.165, 1.54) is 61.3 Å². The second kappa shape index (κ2) is 17.9. The van der Waals surface area contributed by atoms with Crippen LogP contribution in [0.3, 0.4) is 0 Å². The van der Waals surface area contributed by atoms with E-state index in [1.54, 1.807) is 0 Å². The van der Waals surface area contributed by atoms with Gasteiger partial charge in [-0.15, -0.1) is 0 Å². The van der Waals surface area contributed by atoms with E-state index in [-0.39, 0.29) is 21.7 Å². The molecular formula is C57H71N. The molecule has 0 amide bonds. The third kappa shape index (κ3) is 9.52. The van der Waals surface area contributed by atoms with Crippen molar-refractivity contribution in [2.45, 2.75) is 138 Å². The van der Waals surface area contributed by atoms with E-state index in [2.05, 4.69) is 214 Å². The highest BCUT2D eigenvalue weighted by atomic mass is 15.1. The summed E-state index contributed by atoms with van der Waals surface area (Å²) < 4.78 is 0. The Morgan fingerprint density at radius 1 is 0.448 bits per heavy atom. The molecule has 6 aromatic carbocycles. The maximum Gasteiger partial charge on any atom is 0.0505 e. The molecule has 3 aliphatic heterocycles. The van der Waals surface area contributed by atoms with Crippen molar-refractivity contribution in [1.82, 2.24) is 0 Å². The highest BCUT2D eigenvalue weighted by molar-refractivity contribution is 5.84. The zero-order valence-corrected chi connectivity index (χ0v) is 38.3. The molecule has 1 atom stereocenters. The van der Waals surface area contributed by atoms with Gasteiger partial charge in [0, 0.05) is 11.4 Å². The zero-order valence-electron chi connectivity index (χ0n) is 38.3. The number of fused-ring (bicyclic) bond motifs is 2. The van der Waals surface area contributed by atoms with E-state index < -0.39 is 0 Å². The largest absolute Gasteiger partial charge is 0.310 e. The quantitative estimate of drug-likeness (QED) is 0.173. The van der Waals surface area contributed by atoms with E-state index in [9.17, 15) is 0 Å². The van der Waals surface area contributed by atoms with Crippen molar-refractivity contribution in [2.75, 3.05) is 4.90 Å². The molecule has 0 radical (unpaired) electrons. The van der Waals surface area contributed by atoms with Crippen molar-refractivity contribution in [1.29, 1.82) is 0 Å². The summed E-state index contributed by atoms with van der Waals surface area (Å²) in [6, 6.07) is 53.3. The van der Waals surface area contributed by atoms with Crippen LogP contribution < -0.4 is 4.90 Å². The second-order valence-corrected chi connectivity index (χ2v) is 18.7. The fraction of sp³-hybridized carbons (Fsp3) is 0.368. The molecule has 6 aromatic rings. The SMILES string of the molecule is CC.CC.CCC1(C)CCC(C)(C)c2ccc(cc2)-c2ccc(cc2)N(c2ccc(-c3ccc(C(C)(C)C)cc3)cc2)c2cc(-c3ccc(C(C)(C)C)cc3)ccc21. The minimum absolute atomic E-state index is 0.0473. The molecule has 1 heteroatoms. The number of hydrogen-bond donors (Lipinski definition) is 0. The number of benzene rings is 6. The van der Waals surface area contributed by atoms with Gasteiger partial charge in [-0.25, -0.2) is 0 Å². The van der Waals surface area contributed by atoms with Crippen molar-refractivity contribution in [3.8, 4) is 33.4 Å². The number of rotatable bonds is 4. The average Bonchev–Trinajstić information content (AvgIpc) is 3.24. The van der Waals surface area contributed by atoms with Gasteiger partial charge in [0.1, 0.15) is 0 Å². The van der Waals surface area contributed by atoms with Gasteiger partial charge in [0.15, 0.2) is 0 Å². The normalized spacial score (nSPS) is 16.2. The molecule has 58 heavy (non-hydrogen) atoms. The second-order valence-electron chi connectivity index (χ2n) is 18.7. The van der Waals surface area contributed by atoms with Gasteiger partial charge in [-0.1, -0.05) is 206 Å². The monoisotopic (exact) mass is 770 g/mol. The van der Waals surface area contributed by atoms with Crippen LogP contribution in [-0.4, -0.2) is 0 Å². The molecule has 0 fully saturated rings. The predicted octanol–water partition coefficient (Wildman–Crippen LogP) is 17.5. The Hall–Kier alpha value is -4.88. The lowest BCUT2D eigenvalue weighted by molar-refractivity contribution is 0.345. The first-order valence-corrected chi connectivity index (χ1v) is 22.0. The van der Waals surface area contributed by atoms with Crippen LogP contribution in [0.4, 0.5) is 17.1 Å². The molecule has 0 saturated heterocycles. The number of hydrogen-bond acceptors (Lipinski definition) is 1. The Kier molecular flexibility index (Phi) is 13.7. The molecule has 0 N–H and O–H groups in total. The van der Waals surface area contributed by atoms with Gasteiger partial charge < -0.3 is 4.90 Å². The van der Waals surface area contributed by atoms with Gasteiger partial charge in [-0.05, 0) is 127 Å². The maximum atomic E-state index is 2.51. The summed E-state index contributed by atoms with van der Waals surface area (Å²) >= 11 is 0. The van der Waals surface area contributed by atoms with Gasteiger partial charge in [0.05, 0.1) is 5.69 Å². The van der Waals surface area contributed by atoms with E-state index >= 15 is 0 Å². The highest BCUT2D eigenvalue weighted by Gasteiger charge is 2.33. The van der Waals surface area contributed by atoms with Crippen LogP contribution in [0.25, 0.3) is 33.4 Å². The van der Waals surface area contributed by atoms with Gasteiger partial charge in [-0.2, -0.15) is 0 Å². The van der Waals surface area contributed by atoms with E-state index in [1.807, 2.05) is 27.7 Å². The molecule has 0 aliphatic carbocycles. The van der Waals surface area contributed by atoms with Crippen molar-refractivity contribution in [3.05, 3.63) is 162 Å². The molecular weight excluding hydrogens is 699 g/mol. The van der Waals surface area contributed by atoms with Crippen molar-refractivity contribution in [3.63, 3.8) is 0 Å². The van der Waals surface area contributed by atoms with Crippen LogP contribution in [0.2, 0.25) is 0 Å². The third-order valence-electron chi connectivity index (χ3n) is 12.4. The Labute approximate surface area is 353 Å². The topological polar surface area (TPSA) is 3.24 Å². The molecule has 0 aromatic heterocycles. The predicted molar refractivity (Wildman–Crippen MR) is 257 cm³/mol. The lowest BCUT2D eigenvalue weighted by atomic mass is 9.70. The average molecular weight is 770 g/mol. The number of nitrogens with zero attached hydrogens (tertiary/aromatic N) is 1. The fourth-order valence-electron chi connectivity index (χ4n) is 8.11. The summed E-state index contributed by atoms with van der Waals surface area (Å²) in [7, 11) is 0. The zero-order chi connectivity index (χ0) is 42.5. The molecule has 304 valence electrons. The molecule has 3 aliphatic rings. The van der Waals surface area contributed by atoms with E-state index in [0.717, 1.165) is 30.6 Å². The van der Waals surface area contributed by atoms with Crippen LogP contribution in [0, 0.1) is 0 Å². The van der Waals surface area contributed by atoms with Crippen LogP contribution >= 0.6 is 0 Å². The standard InChI is InChI=1S/C53H59N.2C2H6/c1-11-53(10)35-34-52(8,9)45-27-16-38(17-28-45)40-20-31-47(32-21-40)54(46-29-18-39(19-30-46)37-12-23-43(24-13-37)50(2,3)4)49-36-42(22-33-48(49)53)41-14-25-44(26-15-41)51(5,6)7;2*1-2/h12-33,36H,11,34-35H2,1-10H3;2*1-2H3. The van der Waals surface area contributed by atoms with Crippen molar-refractivity contribution >= 4 is 17.1 Å². The van der Waals surface area contributed by atoms with E-state index in [4.69, 9.17) is 0 Å². The van der Waals surface area contributed by atoms with Gasteiger partial charge >= 0.3 is 0 Å². The summed E-state index contributed by atoms with van der Waals surface area (Å²) in [5, 5.41) is 0. The van der Waals surface area contributed by atoms with Crippen LogP contribution in [0.15, 0.2) is 140 Å². The Morgan fingerprint density at radius 3 is 1.17 bits per heavy atom. The van der Waals surface area contributed by atoms with Gasteiger partial charge in [0.2, 0.25) is 0 Å². The van der Waals surface area contributed by atoms with Crippen LogP contribution in [0.1, 0.15) is 138 Å². The summed E-state index contributed by atoms with van der Waals surface area (Å²) in [5.41, 5.74) is 16.7. The molecule has 1 unspecified atom stereocenters. The molecule has 0 saturated carbocycles. The third-order valence-corrected chi connectivity index (χ3v) is 12.4. The molecule has 9 rings (SSSR count). The Balaban J connectivity index is 0.00000155. The highest BCUT2D eigenvalue weighted by Crippen LogP contribution is 2.48. The van der Waals surface area contributed by atoms with Crippen LogP contribution in [-0.2, 0) is 21.7 Å². The fourth-order valence-corrected chi connectivity index (χ4v) is 8.11. The van der Waals surface area contributed by atoms with Crippen molar-refractivity contribution in [2.24, 2.45) is 0 Å². The van der Waals surface area contributed by atoms with Crippen molar-refractivity contribution < 1.29 is 0 Å². The minimum Gasteiger partial charge on any atom is -0.310 e. The Morgan fingerprint density at radius 2 is 0.793 bits per heavy atom. The Bertz CT molecular complexity index is 2200. The first-order chi connectivity index (χ1) is 27.6. The summed E-state index contributed by atoms with van der Waals surface area (Å²) in [5.74, 6) is 0. The minimum atomic E-state index is -0.0473. The smallest absolute Gasteiger partial charge is 0.0505 e. The molecule has 4 bridgehead atoms. The molecule has 1 nitrogen and oxygen atoms in total. The summed E-state index contributed by atoms with van der Waals surface area (Å²) in [4.78, 5) is 2.51. The van der Waals surface area contributed by atoms with Gasteiger partial charge in [0.25, 0.3) is 0 Å². The van der Waals surface area contributed by atoms with Crippen LogP contribution in [0.5, 0.6) is 0 Å². The first kappa shape index (κ1) is 44.2. The first-order valence-electron chi connectivity index (χ1n) is 22.0. The maximum absolute atomic E-state index is 2.51. The summed E-state index contributed by atoms with van der Waals surface area (Å²) in [6.07, 6.45) is 3.23. The molecule has 0 spiro atoms. The number of anilines is 3. The molecule has 3 heterocycles. The lowest BCUT2D eigenvalue weighted by Gasteiger charge is -2.38. The van der Waals surface area contributed by atoms with E-state index in [0.29, 0.717) is 0 Å². The lowest BCUT2D eigenvalue weighted by Crippen LogP contribution is -2.28.